The average Bonchev–Trinajstić information content (AvgIpc) is 2.96. The number of hydrogen-bond donors (Lipinski definition) is 1. The van der Waals surface area contributed by atoms with Crippen LogP contribution in [0, 0.1) is 0 Å². The summed E-state index contributed by atoms with van der Waals surface area (Å²) in [5.74, 6) is -0.190. The van der Waals surface area contributed by atoms with Gasteiger partial charge in [0, 0.05) is 13.1 Å². The summed E-state index contributed by atoms with van der Waals surface area (Å²) in [4.78, 5) is 16.0. The van der Waals surface area contributed by atoms with E-state index in [0.717, 1.165) is 24.0 Å². The summed E-state index contributed by atoms with van der Waals surface area (Å²) in [6.07, 6.45) is 2.89. The lowest BCUT2D eigenvalue weighted by Crippen LogP contribution is -2.35. The summed E-state index contributed by atoms with van der Waals surface area (Å²) in [7, 11) is -3.45. The first-order valence-electron chi connectivity index (χ1n) is 7.27. The number of halogens is 1. The fraction of sp³-hybridized carbons (Fsp3) is 0.429. The van der Waals surface area contributed by atoms with Crippen molar-refractivity contribution >= 4 is 58.5 Å². The quantitative estimate of drug-likeness (QED) is 0.775. The summed E-state index contributed by atoms with van der Waals surface area (Å²) in [5.41, 5.74) is 0.678. The molecule has 23 heavy (non-hydrogen) atoms. The van der Waals surface area contributed by atoms with Crippen LogP contribution >= 0.6 is 27.3 Å². The molecule has 1 aliphatic rings. The molecule has 1 fully saturated rings. The highest BCUT2D eigenvalue weighted by molar-refractivity contribution is 9.09. The van der Waals surface area contributed by atoms with Crippen molar-refractivity contribution in [2.75, 3.05) is 23.7 Å². The monoisotopic (exact) mass is 417 g/mol. The van der Waals surface area contributed by atoms with E-state index in [4.69, 9.17) is 0 Å². The lowest BCUT2D eigenvalue weighted by Gasteiger charge is -2.25. The predicted molar refractivity (Wildman–Crippen MR) is 94.7 cm³/mol. The van der Waals surface area contributed by atoms with E-state index in [1.807, 2.05) is 0 Å². The smallest absolute Gasteiger partial charge is 0.243 e. The Morgan fingerprint density at radius 1 is 1.30 bits per heavy atom. The lowest BCUT2D eigenvalue weighted by molar-refractivity contribution is -0.113. The first kappa shape index (κ1) is 16.8. The fourth-order valence-corrected chi connectivity index (χ4v) is 5.21. The van der Waals surface area contributed by atoms with Crippen molar-refractivity contribution in [2.45, 2.75) is 24.2 Å². The van der Waals surface area contributed by atoms with Crippen LogP contribution in [-0.2, 0) is 14.8 Å². The molecule has 1 aromatic carbocycles. The molecule has 0 saturated carbocycles. The number of alkyl halides is 1. The van der Waals surface area contributed by atoms with Gasteiger partial charge >= 0.3 is 0 Å². The van der Waals surface area contributed by atoms with Crippen LogP contribution in [0.25, 0.3) is 10.2 Å². The second-order valence-electron chi connectivity index (χ2n) is 5.30. The molecule has 0 unspecified atom stereocenters. The molecule has 1 aliphatic heterocycles. The molecule has 1 aromatic heterocycles. The van der Waals surface area contributed by atoms with Gasteiger partial charge in [-0.05, 0) is 31.0 Å². The Hall–Kier alpha value is -1.03. The van der Waals surface area contributed by atoms with Gasteiger partial charge in [-0.15, -0.1) is 0 Å². The number of anilines is 1. The summed E-state index contributed by atoms with van der Waals surface area (Å²) >= 11 is 4.35. The number of carbonyl (C=O) groups is 1. The van der Waals surface area contributed by atoms with Crippen molar-refractivity contribution in [1.82, 2.24) is 9.29 Å². The molecule has 9 heteroatoms. The second kappa shape index (κ2) is 6.84. The maximum atomic E-state index is 12.7. The van der Waals surface area contributed by atoms with Crippen molar-refractivity contribution in [3.05, 3.63) is 18.2 Å². The highest BCUT2D eigenvalue weighted by Crippen LogP contribution is 2.30. The normalized spacial score (nSPS) is 16.6. The number of amides is 1. The third-order valence-corrected chi connectivity index (χ3v) is 7.02. The Morgan fingerprint density at radius 3 is 2.74 bits per heavy atom. The van der Waals surface area contributed by atoms with E-state index < -0.39 is 10.0 Å². The Kier molecular flexibility index (Phi) is 5.00. The summed E-state index contributed by atoms with van der Waals surface area (Å²) in [6.45, 7) is 1.16. The number of rotatable bonds is 4. The number of nitrogens with zero attached hydrogens (tertiary/aromatic N) is 2. The number of aromatic nitrogens is 1. The van der Waals surface area contributed by atoms with Gasteiger partial charge in [-0.2, -0.15) is 4.31 Å². The van der Waals surface area contributed by atoms with Crippen molar-refractivity contribution in [2.24, 2.45) is 0 Å². The molecule has 6 nitrogen and oxygen atoms in total. The van der Waals surface area contributed by atoms with Crippen LogP contribution in [-0.4, -0.2) is 42.0 Å². The predicted octanol–water partition coefficient (Wildman–Crippen LogP) is 2.80. The van der Waals surface area contributed by atoms with Gasteiger partial charge in [-0.25, -0.2) is 13.4 Å². The van der Waals surface area contributed by atoms with Gasteiger partial charge in [-0.3, -0.25) is 4.79 Å². The molecule has 0 atom stereocenters. The molecule has 0 aliphatic carbocycles. The maximum Gasteiger partial charge on any atom is 0.243 e. The molecule has 0 radical (unpaired) electrons. The summed E-state index contributed by atoms with van der Waals surface area (Å²) < 4.78 is 27.7. The number of benzene rings is 1. The molecule has 2 aromatic rings. The van der Waals surface area contributed by atoms with Crippen molar-refractivity contribution in [3.63, 3.8) is 0 Å². The Morgan fingerprint density at radius 2 is 2.04 bits per heavy atom. The summed E-state index contributed by atoms with van der Waals surface area (Å²) in [6, 6.07) is 4.91. The molecule has 1 amide bonds. The Labute approximate surface area is 147 Å². The van der Waals surface area contributed by atoms with E-state index in [1.54, 1.807) is 22.5 Å². The fourth-order valence-electron chi connectivity index (χ4n) is 2.53. The minimum atomic E-state index is -3.45. The van der Waals surface area contributed by atoms with E-state index in [2.05, 4.69) is 26.2 Å². The average molecular weight is 418 g/mol. The Balaban J connectivity index is 1.91. The second-order valence-corrected chi connectivity index (χ2v) is 8.82. The largest absolute Gasteiger partial charge is 0.301 e. The molecule has 0 bridgehead atoms. The first-order chi connectivity index (χ1) is 11.0. The van der Waals surface area contributed by atoms with Crippen LogP contribution in [0.2, 0.25) is 0 Å². The number of nitrogens with one attached hydrogen (secondary N) is 1. The summed E-state index contributed by atoms with van der Waals surface area (Å²) in [5, 5.41) is 3.33. The van der Waals surface area contributed by atoms with Gasteiger partial charge in [0.1, 0.15) is 0 Å². The molecule has 2 heterocycles. The maximum absolute atomic E-state index is 12.7. The van der Waals surface area contributed by atoms with E-state index in [1.165, 1.54) is 11.3 Å². The van der Waals surface area contributed by atoms with Gasteiger partial charge < -0.3 is 5.32 Å². The first-order valence-corrected chi connectivity index (χ1v) is 10.6. The zero-order chi connectivity index (χ0) is 16.4. The molecule has 3 rings (SSSR count). The van der Waals surface area contributed by atoms with Gasteiger partial charge in [0.2, 0.25) is 15.9 Å². The molecule has 124 valence electrons. The number of hydrogen-bond acceptors (Lipinski definition) is 5. The molecule has 1 N–H and O–H groups in total. The van der Waals surface area contributed by atoms with Crippen LogP contribution in [0.1, 0.15) is 19.3 Å². The van der Waals surface area contributed by atoms with E-state index in [-0.39, 0.29) is 16.1 Å². The van der Waals surface area contributed by atoms with Crippen LogP contribution < -0.4 is 5.32 Å². The van der Waals surface area contributed by atoms with E-state index in [9.17, 15) is 13.2 Å². The lowest BCUT2D eigenvalue weighted by atomic mass is 10.2. The van der Waals surface area contributed by atoms with Crippen LogP contribution in [0.15, 0.2) is 23.1 Å². The van der Waals surface area contributed by atoms with E-state index >= 15 is 0 Å². The van der Waals surface area contributed by atoms with Gasteiger partial charge in [0.15, 0.2) is 5.13 Å². The minimum Gasteiger partial charge on any atom is -0.301 e. The van der Waals surface area contributed by atoms with Crippen molar-refractivity contribution < 1.29 is 13.2 Å². The van der Waals surface area contributed by atoms with Gasteiger partial charge in [0.25, 0.3) is 0 Å². The van der Waals surface area contributed by atoms with Crippen LogP contribution in [0.4, 0.5) is 5.13 Å². The third-order valence-electron chi connectivity index (χ3n) is 3.68. The standard InChI is InChI=1S/C14H16BrN3O3S2/c15-9-13(19)17-14-16-11-5-4-10(8-12(11)22-14)23(20,21)18-6-2-1-3-7-18/h4-5,8H,1-3,6-7,9H2,(H,16,17,19). The zero-order valence-electron chi connectivity index (χ0n) is 12.3. The van der Waals surface area contributed by atoms with E-state index in [0.29, 0.717) is 23.7 Å². The minimum absolute atomic E-state index is 0.190. The van der Waals surface area contributed by atoms with Gasteiger partial charge in [-0.1, -0.05) is 33.7 Å². The third kappa shape index (κ3) is 3.57. The molecular weight excluding hydrogens is 402 g/mol. The highest BCUT2D eigenvalue weighted by atomic mass is 79.9. The highest BCUT2D eigenvalue weighted by Gasteiger charge is 2.26. The number of sulfonamides is 1. The van der Waals surface area contributed by atoms with Gasteiger partial charge in [0.05, 0.1) is 20.4 Å². The van der Waals surface area contributed by atoms with Crippen LogP contribution in [0.5, 0.6) is 0 Å². The SMILES string of the molecule is O=C(CBr)Nc1nc2ccc(S(=O)(=O)N3CCCCC3)cc2s1. The molecular formula is C14H16BrN3O3S2. The number of fused-ring (bicyclic) bond motifs is 1. The molecule has 1 saturated heterocycles. The zero-order valence-corrected chi connectivity index (χ0v) is 15.5. The Bertz CT molecular complexity index is 829. The van der Waals surface area contributed by atoms with Crippen molar-refractivity contribution in [3.8, 4) is 0 Å². The van der Waals surface area contributed by atoms with Crippen LogP contribution in [0.3, 0.4) is 0 Å². The number of thiazole rings is 1. The van der Waals surface area contributed by atoms with Crippen molar-refractivity contribution in [1.29, 1.82) is 0 Å². The number of piperidine rings is 1. The topological polar surface area (TPSA) is 79.4 Å². The number of carbonyl (C=O) groups excluding carboxylic acids is 1. The molecule has 0 spiro atoms.